The summed E-state index contributed by atoms with van der Waals surface area (Å²) in [6.45, 7) is 2.43. The number of rotatable bonds is 4. The maximum absolute atomic E-state index is 11.5. The molecule has 1 aliphatic rings. The van der Waals surface area contributed by atoms with Gasteiger partial charge in [-0.1, -0.05) is 12.1 Å². The molecule has 0 fully saturated rings. The second-order valence-electron chi connectivity index (χ2n) is 5.00. The van der Waals surface area contributed by atoms with Gasteiger partial charge in [0, 0.05) is 25.7 Å². The number of fused-ring (bicyclic) bond motifs is 1. The van der Waals surface area contributed by atoms with Gasteiger partial charge in [0.2, 0.25) is 5.91 Å². The van der Waals surface area contributed by atoms with Crippen molar-refractivity contribution < 1.29 is 19.1 Å². The second-order valence-corrected chi connectivity index (χ2v) is 5.00. The minimum absolute atomic E-state index is 0.0341. The number of hydrogen-bond acceptors (Lipinski definition) is 4. The van der Waals surface area contributed by atoms with E-state index < -0.39 is 12.0 Å². The van der Waals surface area contributed by atoms with Gasteiger partial charge in [0.15, 0.2) is 0 Å². The summed E-state index contributed by atoms with van der Waals surface area (Å²) < 4.78 is 4.43. The van der Waals surface area contributed by atoms with E-state index >= 15 is 0 Å². The predicted molar refractivity (Wildman–Crippen MR) is 80.4 cm³/mol. The number of ether oxygens (including phenoxy) is 1. The Hall–Kier alpha value is -2.57. The first-order chi connectivity index (χ1) is 10.5. The van der Waals surface area contributed by atoms with Gasteiger partial charge >= 0.3 is 12.0 Å². The fourth-order valence-corrected chi connectivity index (χ4v) is 2.36. The van der Waals surface area contributed by atoms with Crippen LogP contribution < -0.4 is 15.5 Å². The summed E-state index contributed by atoms with van der Waals surface area (Å²) in [5.41, 5.74) is 2.98. The van der Waals surface area contributed by atoms with E-state index in [9.17, 15) is 14.4 Å². The minimum atomic E-state index is -0.503. The van der Waals surface area contributed by atoms with Gasteiger partial charge in [0.25, 0.3) is 0 Å². The van der Waals surface area contributed by atoms with Crippen molar-refractivity contribution in [3.05, 3.63) is 29.3 Å². The Bertz CT molecular complexity index is 600. The summed E-state index contributed by atoms with van der Waals surface area (Å²) in [4.78, 5) is 35.7. The van der Waals surface area contributed by atoms with Gasteiger partial charge in [0.05, 0.1) is 7.11 Å². The molecule has 1 aromatic carbocycles. The molecular weight excluding hydrogens is 286 g/mol. The predicted octanol–water partition coefficient (Wildman–Crippen LogP) is 0.568. The topological polar surface area (TPSA) is 87.7 Å². The lowest BCUT2D eigenvalue weighted by Gasteiger charge is -2.15. The monoisotopic (exact) mass is 305 g/mol. The van der Waals surface area contributed by atoms with Crippen molar-refractivity contribution in [2.75, 3.05) is 25.1 Å². The van der Waals surface area contributed by atoms with Crippen LogP contribution in [0.1, 0.15) is 18.1 Å². The van der Waals surface area contributed by atoms with Crippen LogP contribution in [0.5, 0.6) is 0 Å². The maximum Gasteiger partial charge on any atom is 0.325 e. The van der Waals surface area contributed by atoms with E-state index in [1.807, 2.05) is 18.2 Å². The summed E-state index contributed by atoms with van der Waals surface area (Å²) in [7, 11) is 1.26. The van der Waals surface area contributed by atoms with Gasteiger partial charge in [-0.15, -0.1) is 0 Å². The van der Waals surface area contributed by atoms with E-state index in [4.69, 9.17) is 0 Å². The molecule has 7 nitrogen and oxygen atoms in total. The molecule has 0 radical (unpaired) electrons. The number of amides is 3. The lowest BCUT2D eigenvalue weighted by molar-refractivity contribution is -0.139. The Morgan fingerprint density at radius 2 is 2.05 bits per heavy atom. The quantitative estimate of drug-likeness (QED) is 0.796. The molecule has 2 N–H and O–H groups in total. The van der Waals surface area contributed by atoms with Crippen molar-refractivity contribution in [2.24, 2.45) is 0 Å². The lowest BCUT2D eigenvalue weighted by Crippen LogP contribution is -2.38. The van der Waals surface area contributed by atoms with Gasteiger partial charge in [-0.05, 0) is 23.6 Å². The van der Waals surface area contributed by atoms with Crippen LogP contribution >= 0.6 is 0 Å². The molecule has 1 heterocycles. The maximum atomic E-state index is 11.5. The number of carbonyl (C=O) groups is 3. The summed E-state index contributed by atoms with van der Waals surface area (Å²) >= 11 is 0. The van der Waals surface area contributed by atoms with Crippen LogP contribution in [-0.4, -0.2) is 38.1 Å². The fourth-order valence-electron chi connectivity index (χ4n) is 2.36. The average molecular weight is 305 g/mol. The number of urea groups is 1. The van der Waals surface area contributed by atoms with Crippen molar-refractivity contribution in [1.82, 2.24) is 10.6 Å². The molecule has 7 heteroatoms. The zero-order valence-corrected chi connectivity index (χ0v) is 12.6. The van der Waals surface area contributed by atoms with Gasteiger partial charge < -0.3 is 20.3 Å². The normalized spacial score (nSPS) is 12.5. The van der Waals surface area contributed by atoms with Crippen molar-refractivity contribution in [3.63, 3.8) is 0 Å². The van der Waals surface area contributed by atoms with Crippen LogP contribution in [0.25, 0.3) is 0 Å². The third-order valence-corrected chi connectivity index (χ3v) is 3.49. The SMILES string of the molecule is COC(=O)CNC(=O)NCc1ccc2c(c1)CCN2C(C)=O. The van der Waals surface area contributed by atoms with Gasteiger partial charge in [-0.25, -0.2) is 4.79 Å². The van der Waals surface area contributed by atoms with E-state index in [-0.39, 0.29) is 12.5 Å². The third kappa shape index (κ3) is 3.75. The molecular formula is C15H19N3O4. The molecule has 0 atom stereocenters. The van der Waals surface area contributed by atoms with Crippen LogP contribution in [-0.2, 0) is 27.3 Å². The molecule has 2 rings (SSSR count). The molecule has 0 saturated carbocycles. The molecule has 1 aromatic rings. The lowest BCUT2D eigenvalue weighted by atomic mass is 10.1. The van der Waals surface area contributed by atoms with E-state index in [1.54, 1.807) is 11.8 Å². The number of carbonyl (C=O) groups excluding carboxylic acids is 3. The Labute approximate surface area is 128 Å². The molecule has 0 unspecified atom stereocenters. The summed E-state index contributed by atoms with van der Waals surface area (Å²) in [5.74, 6) is -0.469. The smallest absolute Gasteiger partial charge is 0.325 e. The van der Waals surface area contributed by atoms with Crippen LogP contribution in [0.4, 0.5) is 10.5 Å². The number of anilines is 1. The molecule has 118 valence electrons. The molecule has 0 spiro atoms. The fraction of sp³-hybridized carbons (Fsp3) is 0.400. The second kappa shape index (κ2) is 6.93. The number of nitrogens with zero attached hydrogens (tertiary/aromatic N) is 1. The molecule has 3 amide bonds. The number of methoxy groups -OCH3 is 1. The first kappa shape index (κ1) is 15.8. The average Bonchev–Trinajstić information content (AvgIpc) is 2.93. The highest BCUT2D eigenvalue weighted by Crippen LogP contribution is 2.28. The Kier molecular flexibility index (Phi) is 4.98. The first-order valence-electron chi connectivity index (χ1n) is 6.99. The molecule has 1 aliphatic heterocycles. The Morgan fingerprint density at radius 1 is 1.27 bits per heavy atom. The number of hydrogen-bond donors (Lipinski definition) is 2. The highest BCUT2D eigenvalue weighted by Gasteiger charge is 2.21. The van der Waals surface area contributed by atoms with E-state index in [0.29, 0.717) is 13.1 Å². The van der Waals surface area contributed by atoms with Gasteiger partial charge in [0.1, 0.15) is 6.54 Å². The zero-order chi connectivity index (χ0) is 16.1. The largest absolute Gasteiger partial charge is 0.468 e. The van der Waals surface area contributed by atoms with E-state index in [2.05, 4.69) is 15.4 Å². The summed E-state index contributed by atoms with van der Waals surface area (Å²) in [6, 6.07) is 5.32. The highest BCUT2D eigenvalue weighted by atomic mass is 16.5. The van der Waals surface area contributed by atoms with Crippen molar-refractivity contribution >= 4 is 23.6 Å². The number of esters is 1. The Balaban J connectivity index is 1.89. The van der Waals surface area contributed by atoms with Crippen molar-refractivity contribution in [3.8, 4) is 0 Å². The highest BCUT2D eigenvalue weighted by molar-refractivity contribution is 5.93. The number of benzene rings is 1. The minimum Gasteiger partial charge on any atom is -0.468 e. The molecule has 0 bridgehead atoms. The summed E-state index contributed by atoms with van der Waals surface area (Å²) in [5, 5.41) is 5.07. The molecule has 0 aliphatic carbocycles. The third-order valence-electron chi connectivity index (χ3n) is 3.49. The van der Waals surface area contributed by atoms with Gasteiger partial charge in [-0.3, -0.25) is 9.59 Å². The van der Waals surface area contributed by atoms with Crippen LogP contribution in [0, 0.1) is 0 Å². The zero-order valence-electron chi connectivity index (χ0n) is 12.6. The number of nitrogens with one attached hydrogen (secondary N) is 2. The first-order valence-corrected chi connectivity index (χ1v) is 6.99. The van der Waals surface area contributed by atoms with Crippen molar-refractivity contribution in [1.29, 1.82) is 0 Å². The van der Waals surface area contributed by atoms with Gasteiger partial charge in [-0.2, -0.15) is 0 Å². The molecule has 22 heavy (non-hydrogen) atoms. The Morgan fingerprint density at radius 3 is 2.73 bits per heavy atom. The van der Waals surface area contributed by atoms with E-state index in [1.165, 1.54) is 7.11 Å². The van der Waals surface area contributed by atoms with Crippen molar-refractivity contribution in [2.45, 2.75) is 19.9 Å². The van der Waals surface area contributed by atoms with Crippen LogP contribution in [0.2, 0.25) is 0 Å². The molecule has 0 saturated heterocycles. The van der Waals surface area contributed by atoms with E-state index in [0.717, 1.165) is 23.2 Å². The summed E-state index contributed by atoms with van der Waals surface area (Å²) in [6.07, 6.45) is 0.817. The molecule has 0 aromatic heterocycles. The van der Waals surface area contributed by atoms with Crippen LogP contribution in [0.3, 0.4) is 0 Å². The standard InChI is InChI=1S/C15H19N3O4/c1-10(19)18-6-5-12-7-11(3-4-13(12)18)8-16-15(21)17-9-14(20)22-2/h3-4,7H,5-6,8-9H2,1-2H3,(H2,16,17,21). The van der Waals surface area contributed by atoms with Crippen LogP contribution in [0.15, 0.2) is 18.2 Å².